The molecule has 1 aliphatic heterocycles. The van der Waals surface area contributed by atoms with E-state index in [9.17, 15) is 0 Å². The van der Waals surface area contributed by atoms with Crippen LogP contribution in [0.5, 0.6) is 5.75 Å². The van der Waals surface area contributed by atoms with Gasteiger partial charge in [0.25, 0.3) is 0 Å². The predicted molar refractivity (Wildman–Crippen MR) is 70.6 cm³/mol. The van der Waals surface area contributed by atoms with Crippen LogP contribution in [-0.4, -0.2) is 31.7 Å². The zero-order chi connectivity index (χ0) is 11.2. The van der Waals surface area contributed by atoms with Gasteiger partial charge in [-0.25, -0.2) is 0 Å². The Bertz CT molecular complexity index is 341. The van der Waals surface area contributed by atoms with E-state index in [0.29, 0.717) is 0 Å². The van der Waals surface area contributed by atoms with E-state index in [4.69, 9.17) is 4.74 Å². The van der Waals surface area contributed by atoms with Crippen molar-refractivity contribution < 1.29 is 4.74 Å². The molecule has 0 amide bonds. The van der Waals surface area contributed by atoms with Gasteiger partial charge >= 0.3 is 0 Å². The Morgan fingerprint density at radius 3 is 3.19 bits per heavy atom. The number of fused-ring (bicyclic) bond motifs is 1. The van der Waals surface area contributed by atoms with Gasteiger partial charge in [0.2, 0.25) is 0 Å². The third-order valence-corrected chi connectivity index (χ3v) is 3.44. The average molecular weight is 237 g/mol. The summed E-state index contributed by atoms with van der Waals surface area (Å²) in [5.74, 6) is 2.27. The molecule has 0 aliphatic carbocycles. The van der Waals surface area contributed by atoms with Crippen molar-refractivity contribution in [1.82, 2.24) is 5.32 Å². The maximum atomic E-state index is 5.49. The van der Waals surface area contributed by atoms with Crippen LogP contribution in [0, 0.1) is 0 Å². The lowest BCUT2D eigenvalue weighted by molar-refractivity contribution is 0.357. The van der Waals surface area contributed by atoms with E-state index in [0.717, 1.165) is 38.3 Å². The van der Waals surface area contributed by atoms with E-state index in [1.54, 1.807) is 0 Å². The van der Waals surface area contributed by atoms with Gasteiger partial charge in [-0.3, -0.25) is 0 Å². The number of hydrogen-bond acceptors (Lipinski definition) is 3. The van der Waals surface area contributed by atoms with Gasteiger partial charge in [0, 0.05) is 18.7 Å². The van der Waals surface area contributed by atoms with Gasteiger partial charge in [-0.2, -0.15) is 11.8 Å². The van der Waals surface area contributed by atoms with E-state index in [1.807, 2.05) is 11.8 Å². The smallest absolute Gasteiger partial charge is 0.122 e. The molecule has 0 unspecified atom stereocenters. The van der Waals surface area contributed by atoms with E-state index in [1.165, 1.54) is 16.9 Å². The Labute approximate surface area is 102 Å². The summed E-state index contributed by atoms with van der Waals surface area (Å²) < 4.78 is 5.49. The van der Waals surface area contributed by atoms with Crippen LogP contribution in [0.25, 0.3) is 0 Å². The Kier molecular flexibility index (Phi) is 4.55. The number of benzene rings is 1. The monoisotopic (exact) mass is 237 g/mol. The molecule has 2 nitrogen and oxygen atoms in total. The van der Waals surface area contributed by atoms with Crippen LogP contribution < -0.4 is 10.1 Å². The minimum absolute atomic E-state index is 0.852. The fraction of sp³-hybridized carbons (Fsp3) is 0.538. The standard InChI is InChI=1S/C13H19NOS/c1-16-9-7-14-6-4-11-2-3-13-12(10-11)5-8-15-13/h2-3,10,14H,4-9H2,1H3. The van der Waals surface area contributed by atoms with E-state index < -0.39 is 0 Å². The first-order chi connectivity index (χ1) is 7.90. The van der Waals surface area contributed by atoms with Crippen LogP contribution >= 0.6 is 11.8 Å². The third-order valence-electron chi connectivity index (χ3n) is 2.83. The SMILES string of the molecule is CSCCNCCc1ccc2c(c1)CCO2. The maximum absolute atomic E-state index is 5.49. The molecule has 0 atom stereocenters. The van der Waals surface area contributed by atoms with E-state index in [-0.39, 0.29) is 0 Å². The molecule has 1 aromatic carbocycles. The molecule has 1 heterocycles. The van der Waals surface area contributed by atoms with Crippen LogP contribution in [0.2, 0.25) is 0 Å². The lowest BCUT2D eigenvalue weighted by Crippen LogP contribution is -2.19. The molecule has 1 N–H and O–H groups in total. The van der Waals surface area contributed by atoms with Crippen LogP contribution in [0.1, 0.15) is 11.1 Å². The van der Waals surface area contributed by atoms with Crippen molar-refractivity contribution in [2.24, 2.45) is 0 Å². The molecule has 0 saturated heterocycles. The topological polar surface area (TPSA) is 21.3 Å². The maximum Gasteiger partial charge on any atom is 0.122 e. The number of nitrogens with one attached hydrogen (secondary N) is 1. The highest BCUT2D eigenvalue weighted by atomic mass is 32.2. The molecule has 0 bridgehead atoms. The highest BCUT2D eigenvalue weighted by Gasteiger charge is 2.11. The van der Waals surface area contributed by atoms with Gasteiger partial charge in [0.1, 0.15) is 5.75 Å². The van der Waals surface area contributed by atoms with Crippen molar-refractivity contribution in [2.75, 3.05) is 31.7 Å². The molecule has 0 saturated carbocycles. The number of ether oxygens (including phenoxy) is 1. The Balaban J connectivity index is 1.77. The molecule has 3 heteroatoms. The lowest BCUT2D eigenvalue weighted by atomic mass is 10.1. The van der Waals surface area contributed by atoms with E-state index >= 15 is 0 Å². The van der Waals surface area contributed by atoms with Crippen LogP contribution in [-0.2, 0) is 12.8 Å². The second-order valence-electron chi connectivity index (χ2n) is 4.03. The fourth-order valence-electron chi connectivity index (χ4n) is 1.93. The summed E-state index contributed by atoms with van der Waals surface area (Å²) in [6.07, 6.45) is 4.33. The molecule has 16 heavy (non-hydrogen) atoms. The van der Waals surface area contributed by atoms with Crippen LogP contribution in [0.4, 0.5) is 0 Å². The molecule has 0 aromatic heterocycles. The highest BCUT2D eigenvalue weighted by molar-refractivity contribution is 7.98. The van der Waals surface area contributed by atoms with Crippen molar-refractivity contribution in [1.29, 1.82) is 0 Å². The van der Waals surface area contributed by atoms with Gasteiger partial charge in [-0.1, -0.05) is 12.1 Å². The van der Waals surface area contributed by atoms with E-state index in [2.05, 4.69) is 29.8 Å². The van der Waals surface area contributed by atoms with Crippen molar-refractivity contribution >= 4 is 11.8 Å². The fourth-order valence-corrected chi connectivity index (χ4v) is 2.28. The first-order valence-electron chi connectivity index (χ1n) is 5.84. The van der Waals surface area contributed by atoms with Crippen molar-refractivity contribution in [3.8, 4) is 5.75 Å². The summed E-state index contributed by atoms with van der Waals surface area (Å²) in [5.41, 5.74) is 2.79. The van der Waals surface area contributed by atoms with Gasteiger partial charge in [0.15, 0.2) is 0 Å². The van der Waals surface area contributed by atoms with Gasteiger partial charge in [-0.15, -0.1) is 0 Å². The van der Waals surface area contributed by atoms with Crippen molar-refractivity contribution in [3.05, 3.63) is 29.3 Å². The van der Waals surface area contributed by atoms with Gasteiger partial charge < -0.3 is 10.1 Å². The Morgan fingerprint density at radius 1 is 1.38 bits per heavy atom. The summed E-state index contributed by atoms with van der Waals surface area (Å²) in [6.45, 7) is 3.03. The summed E-state index contributed by atoms with van der Waals surface area (Å²) >= 11 is 1.89. The molecule has 0 fully saturated rings. The summed E-state index contributed by atoms with van der Waals surface area (Å²) in [7, 11) is 0. The second-order valence-corrected chi connectivity index (χ2v) is 5.02. The molecule has 0 spiro atoms. The highest BCUT2D eigenvalue weighted by Crippen LogP contribution is 2.25. The third kappa shape index (κ3) is 3.16. The molecule has 1 aromatic rings. The van der Waals surface area contributed by atoms with Crippen LogP contribution in [0.3, 0.4) is 0 Å². The second kappa shape index (κ2) is 6.16. The Morgan fingerprint density at radius 2 is 2.31 bits per heavy atom. The number of thioether (sulfide) groups is 1. The first-order valence-corrected chi connectivity index (χ1v) is 7.24. The average Bonchev–Trinajstić information content (AvgIpc) is 2.76. The molecular weight excluding hydrogens is 218 g/mol. The lowest BCUT2D eigenvalue weighted by Gasteiger charge is -2.05. The summed E-state index contributed by atoms with van der Waals surface area (Å²) in [5, 5.41) is 3.45. The minimum atomic E-state index is 0.852. The van der Waals surface area contributed by atoms with Crippen molar-refractivity contribution in [3.63, 3.8) is 0 Å². The first kappa shape index (κ1) is 11.8. The molecule has 0 radical (unpaired) electrons. The predicted octanol–water partition coefficient (Wildman–Crippen LogP) is 2.12. The normalized spacial score (nSPS) is 13.6. The molecular formula is C13H19NOS. The van der Waals surface area contributed by atoms with Gasteiger partial charge in [0.05, 0.1) is 6.61 Å². The number of rotatable bonds is 6. The largest absolute Gasteiger partial charge is 0.493 e. The molecule has 2 rings (SSSR count). The summed E-state index contributed by atoms with van der Waals surface area (Å²) in [6, 6.07) is 6.58. The minimum Gasteiger partial charge on any atom is -0.493 e. The zero-order valence-electron chi connectivity index (χ0n) is 9.79. The quantitative estimate of drug-likeness (QED) is 0.766. The van der Waals surface area contributed by atoms with Crippen LogP contribution in [0.15, 0.2) is 18.2 Å². The van der Waals surface area contributed by atoms with Gasteiger partial charge in [-0.05, 0) is 36.4 Å². The Hall–Kier alpha value is -0.670. The number of hydrogen-bond donors (Lipinski definition) is 1. The molecule has 88 valence electrons. The zero-order valence-corrected chi connectivity index (χ0v) is 10.6. The summed E-state index contributed by atoms with van der Waals surface area (Å²) in [4.78, 5) is 0. The molecule has 1 aliphatic rings. The van der Waals surface area contributed by atoms with Crippen molar-refractivity contribution in [2.45, 2.75) is 12.8 Å².